The molecule has 2 aromatic carbocycles. The van der Waals surface area contributed by atoms with Crippen molar-refractivity contribution in [2.45, 2.75) is 37.8 Å². The standard InChI is InChI=1S/C18H18ClFN2O2S/c1-18(2,3)22-10-13-12(5-4-6-16(13)25(22)24)17(23)21-11-7-8-15(20)14(19)9-11/h4-9H,10H2,1-3H3,(H,21,23). The first-order valence-corrected chi connectivity index (χ1v) is 9.25. The summed E-state index contributed by atoms with van der Waals surface area (Å²) in [7, 11) is -1.30. The average Bonchev–Trinajstić information content (AvgIpc) is 2.88. The highest BCUT2D eigenvalue weighted by molar-refractivity contribution is 7.83. The van der Waals surface area contributed by atoms with Crippen LogP contribution in [0, 0.1) is 5.82 Å². The fourth-order valence-corrected chi connectivity index (χ4v) is 4.43. The first-order valence-electron chi connectivity index (χ1n) is 7.76. The number of fused-ring (bicyclic) bond motifs is 1. The minimum Gasteiger partial charge on any atom is -0.322 e. The Hall–Kier alpha value is -1.76. The van der Waals surface area contributed by atoms with E-state index in [-0.39, 0.29) is 16.5 Å². The zero-order chi connectivity index (χ0) is 18.4. The Kier molecular flexibility index (Phi) is 4.70. The Morgan fingerprint density at radius 1 is 1.28 bits per heavy atom. The fourth-order valence-electron chi connectivity index (χ4n) is 2.68. The van der Waals surface area contributed by atoms with Crippen LogP contribution in [0.1, 0.15) is 36.7 Å². The highest BCUT2D eigenvalue weighted by Gasteiger charge is 2.36. The first kappa shape index (κ1) is 18.0. The molecule has 1 aliphatic rings. The maximum Gasteiger partial charge on any atom is 0.256 e. The Labute approximate surface area is 153 Å². The van der Waals surface area contributed by atoms with Crippen molar-refractivity contribution in [2.24, 2.45) is 0 Å². The van der Waals surface area contributed by atoms with Crippen LogP contribution in [0.25, 0.3) is 0 Å². The Morgan fingerprint density at radius 2 is 2.00 bits per heavy atom. The number of nitrogens with one attached hydrogen (secondary N) is 1. The molecule has 3 rings (SSSR count). The summed E-state index contributed by atoms with van der Waals surface area (Å²) in [6.45, 7) is 6.38. The molecule has 25 heavy (non-hydrogen) atoms. The van der Waals surface area contributed by atoms with Crippen LogP contribution in [0.4, 0.5) is 10.1 Å². The molecule has 0 bridgehead atoms. The molecule has 0 aromatic heterocycles. The molecule has 0 saturated carbocycles. The van der Waals surface area contributed by atoms with Gasteiger partial charge < -0.3 is 5.32 Å². The maximum absolute atomic E-state index is 13.3. The quantitative estimate of drug-likeness (QED) is 0.841. The van der Waals surface area contributed by atoms with Crippen LogP contribution >= 0.6 is 11.6 Å². The van der Waals surface area contributed by atoms with Gasteiger partial charge in [0.1, 0.15) is 16.8 Å². The zero-order valence-corrected chi connectivity index (χ0v) is 15.7. The minimum absolute atomic E-state index is 0.0592. The molecule has 1 atom stereocenters. The number of benzene rings is 2. The van der Waals surface area contributed by atoms with Crippen LogP contribution in [0.15, 0.2) is 41.3 Å². The van der Waals surface area contributed by atoms with Crippen molar-refractivity contribution in [3.8, 4) is 0 Å². The minimum atomic E-state index is -1.30. The lowest BCUT2D eigenvalue weighted by atomic mass is 10.0. The molecule has 1 unspecified atom stereocenters. The second-order valence-electron chi connectivity index (χ2n) is 6.82. The largest absolute Gasteiger partial charge is 0.322 e. The lowest BCUT2D eigenvalue weighted by molar-refractivity contribution is 0.102. The molecule has 1 N–H and O–H groups in total. The normalized spacial score (nSPS) is 17.4. The van der Waals surface area contributed by atoms with Crippen LogP contribution in [0.5, 0.6) is 0 Å². The lowest BCUT2D eigenvalue weighted by Crippen LogP contribution is -2.38. The van der Waals surface area contributed by atoms with Crippen molar-refractivity contribution in [3.63, 3.8) is 0 Å². The van der Waals surface area contributed by atoms with Crippen LogP contribution in [-0.4, -0.2) is 20.0 Å². The third-order valence-corrected chi connectivity index (χ3v) is 6.12. The molecule has 1 aliphatic heterocycles. The highest BCUT2D eigenvalue weighted by Crippen LogP contribution is 2.35. The van der Waals surface area contributed by atoms with Crippen molar-refractivity contribution < 1.29 is 13.4 Å². The monoisotopic (exact) mass is 380 g/mol. The molecule has 1 heterocycles. The summed E-state index contributed by atoms with van der Waals surface area (Å²) in [5, 5.41) is 2.66. The molecule has 4 nitrogen and oxygen atoms in total. The molecule has 0 spiro atoms. The van der Waals surface area contributed by atoms with Gasteiger partial charge in [-0.2, -0.15) is 0 Å². The first-order chi connectivity index (χ1) is 11.7. The number of amides is 1. The third-order valence-electron chi connectivity index (χ3n) is 3.99. The number of nitrogens with zero attached hydrogens (tertiary/aromatic N) is 1. The van der Waals surface area contributed by atoms with Crippen molar-refractivity contribution in [3.05, 3.63) is 58.4 Å². The number of halogens is 2. The smallest absolute Gasteiger partial charge is 0.256 e. The van der Waals surface area contributed by atoms with Gasteiger partial charge in [-0.15, -0.1) is 0 Å². The second kappa shape index (κ2) is 6.52. The molecule has 1 amide bonds. The summed E-state index contributed by atoms with van der Waals surface area (Å²) < 4.78 is 27.8. The number of carbonyl (C=O) groups excluding carboxylic acids is 1. The van der Waals surface area contributed by atoms with Crippen molar-refractivity contribution >= 4 is 34.2 Å². The van der Waals surface area contributed by atoms with Crippen LogP contribution < -0.4 is 5.32 Å². The second-order valence-corrected chi connectivity index (χ2v) is 8.61. The van der Waals surface area contributed by atoms with Crippen molar-refractivity contribution in [1.82, 2.24) is 4.31 Å². The Morgan fingerprint density at radius 3 is 2.64 bits per heavy atom. The molecule has 0 saturated heterocycles. The maximum atomic E-state index is 13.3. The van der Waals surface area contributed by atoms with E-state index in [0.717, 1.165) is 5.56 Å². The average molecular weight is 381 g/mol. The molecule has 7 heteroatoms. The van der Waals surface area contributed by atoms with Crippen molar-refractivity contribution in [2.75, 3.05) is 5.32 Å². The number of carbonyl (C=O) groups is 1. The van der Waals surface area contributed by atoms with E-state index in [1.807, 2.05) is 25.1 Å². The lowest BCUT2D eigenvalue weighted by Gasteiger charge is -2.29. The van der Waals surface area contributed by atoms with E-state index in [4.69, 9.17) is 11.6 Å². The number of hydrogen-bond donors (Lipinski definition) is 1. The summed E-state index contributed by atoms with van der Waals surface area (Å²) in [5.74, 6) is -0.885. The van der Waals surface area contributed by atoms with E-state index < -0.39 is 16.8 Å². The summed E-state index contributed by atoms with van der Waals surface area (Å²) >= 11 is 5.75. The van der Waals surface area contributed by atoms with Gasteiger partial charge in [0.15, 0.2) is 0 Å². The summed E-state index contributed by atoms with van der Waals surface area (Å²) in [6, 6.07) is 9.20. The third kappa shape index (κ3) is 3.47. The summed E-state index contributed by atoms with van der Waals surface area (Å²) in [4.78, 5) is 13.3. The molecule has 0 radical (unpaired) electrons. The van der Waals surface area contributed by atoms with Crippen LogP contribution in [0.3, 0.4) is 0 Å². The van der Waals surface area contributed by atoms with Gasteiger partial charge in [-0.25, -0.2) is 12.9 Å². The van der Waals surface area contributed by atoms with Gasteiger partial charge >= 0.3 is 0 Å². The van der Waals surface area contributed by atoms with Crippen LogP contribution in [-0.2, 0) is 17.5 Å². The van der Waals surface area contributed by atoms with Gasteiger partial charge in [-0.3, -0.25) is 4.79 Å². The summed E-state index contributed by atoms with van der Waals surface area (Å²) in [5.41, 5.74) is 1.32. The molecular weight excluding hydrogens is 363 g/mol. The van der Waals surface area contributed by atoms with Gasteiger partial charge in [0.05, 0.1) is 9.92 Å². The van der Waals surface area contributed by atoms with Crippen molar-refractivity contribution in [1.29, 1.82) is 0 Å². The summed E-state index contributed by atoms with van der Waals surface area (Å²) in [6.07, 6.45) is 0. The SMILES string of the molecule is CC(C)(C)N1Cc2c(C(=O)Nc3ccc(F)c(Cl)c3)cccc2S1=O. The van der Waals surface area contributed by atoms with Gasteiger partial charge in [0, 0.05) is 23.3 Å². The zero-order valence-electron chi connectivity index (χ0n) is 14.1. The predicted octanol–water partition coefficient (Wildman–Crippen LogP) is 4.37. The Balaban J connectivity index is 1.91. The molecule has 0 aliphatic carbocycles. The fraction of sp³-hybridized carbons (Fsp3) is 0.278. The topological polar surface area (TPSA) is 49.4 Å². The van der Waals surface area contributed by atoms with E-state index in [9.17, 15) is 13.4 Å². The van der Waals surface area contributed by atoms with Gasteiger partial charge in [0.25, 0.3) is 5.91 Å². The highest BCUT2D eigenvalue weighted by atomic mass is 35.5. The molecule has 0 fully saturated rings. The Bertz CT molecular complexity index is 880. The van der Waals surface area contributed by atoms with Gasteiger partial charge in [0.2, 0.25) is 0 Å². The van der Waals surface area contributed by atoms with E-state index in [0.29, 0.717) is 22.7 Å². The number of rotatable bonds is 2. The van der Waals surface area contributed by atoms with Gasteiger partial charge in [-0.1, -0.05) is 17.7 Å². The van der Waals surface area contributed by atoms with E-state index in [1.54, 1.807) is 18.2 Å². The van der Waals surface area contributed by atoms with Gasteiger partial charge in [-0.05, 0) is 56.7 Å². The molecule has 2 aromatic rings. The van der Waals surface area contributed by atoms with Crippen LogP contribution in [0.2, 0.25) is 5.02 Å². The molecular formula is C18H18ClFN2O2S. The molecule has 132 valence electrons. The predicted molar refractivity (Wildman–Crippen MR) is 97.5 cm³/mol. The number of hydrogen-bond acceptors (Lipinski definition) is 2. The number of anilines is 1. The van der Waals surface area contributed by atoms with E-state index >= 15 is 0 Å². The van der Waals surface area contributed by atoms with E-state index in [1.165, 1.54) is 18.2 Å². The van der Waals surface area contributed by atoms with E-state index in [2.05, 4.69) is 5.32 Å².